The van der Waals surface area contributed by atoms with Crippen molar-refractivity contribution < 1.29 is 23.8 Å². The van der Waals surface area contributed by atoms with E-state index in [2.05, 4.69) is 4.74 Å². The number of ketones is 1. The molecule has 1 aliphatic heterocycles. The largest absolute Gasteiger partial charge is 0.467 e. The van der Waals surface area contributed by atoms with Gasteiger partial charge in [0.2, 0.25) is 6.29 Å². The van der Waals surface area contributed by atoms with Gasteiger partial charge in [0.25, 0.3) is 0 Å². The lowest BCUT2D eigenvalue weighted by Gasteiger charge is -2.22. The highest BCUT2D eigenvalue weighted by Gasteiger charge is 2.37. The molecule has 0 radical (unpaired) electrons. The fourth-order valence-electron chi connectivity index (χ4n) is 1.85. The Balaban J connectivity index is 2.48. The Morgan fingerprint density at radius 1 is 1.41 bits per heavy atom. The standard InChI is InChI=1S/C12H12O5/c1-6-4-7-8(11(14)15-2)5-17-12(16-3)9(7)10(6)13/h4-5,12H,1-3H3/t12-/m1/s1. The molecule has 0 spiro atoms. The summed E-state index contributed by atoms with van der Waals surface area (Å²) in [5.41, 5.74) is 1.67. The number of Topliss-reactive ketones (excluding diaryl/α,β-unsaturated/α-hetero) is 1. The predicted molar refractivity (Wildman–Crippen MR) is 57.8 cm³/mol. The minimum Gasteiger partial charge on any atom is -0.467 e. The fraction of sp³-hybridized carbons (Fsp3) is 0.333. The molecule has 0 amide bonds. The summed E-state index contributed by atoms with van der Waals surface area (Å²) in [6.07, 6.45) is 2.15. The van der Waals surface area contributed by atoms with Crippen LogP contribution in [0, 0.1) is 0 Å². The molecule has 90 valence electrons. The van der Waals surface area contributed by atoms with E-state index in [1.165, 1.54) is 20.5 Å². The van der Waals surface area contributed by atoms with Gasteiger partial charge in [0.1, 0.15) is 11.8 Å². The molecule has 1 aliphatic carbocycles. The molecule has 0 N–H and O–H groups in total. The first-order valence-corrected chi connectivity index (χ1v) is 5.04. The number of methoxy groups -OCH3 is 2. The maximum Gasteiger partial charge on any atom is 0.341 e. The topological polar surface area (TPSA) is 61.8 Å². The zero-order valence-electron chi connectivity index (χ0n) is 9.77. The molecule has 2 aliphatic rings. The molecule has 0 aromatic heterocycles. The molecule has 17 heavy (non-hydrogen) atoms. The lowest BCUT2D eigenvalue weighted by Crippen LogP contribution is -2.26. The lowest BCUT2D eigenvalue weighted by atomic mass is 10.0. The van der Waals surface area contributed by atoms with Gasteiger partial charge in [0.05, 0.1) is 12.7 Å². The Bertz CT molecular complexity index is 481. The Labute approximate surface area is 98.3 Å². The van der Waals surface area contributed by atoms with Gasteiger partial charge in [-0.1, -0.05) is 0 Å². The first-order chi connectivity index (χ1) is 8.10. The Kier molecular flexibility index (Phi) is 2.85. The summed E-state index contributed by atoms with van der Waals surface area (Å²) in [6, 6.07) is 0. The van der Waals surface area contributed by atoms with E-state index in [0.717, 1.165) is 0 Å². The molecule has 0 fully saturated rings. The third-order valence-electron chi connectivity index (χ3n) is 2.71. The number of rotatable bonds is 2. The second kappa shape index (κ2) is 4.18. The fourth-order valence-corrected chi connectivity index (χ4v) is 1.85. The van der Waals surface area contributed by atoms with Crippen molar-refractivity contribution in [3.8, 4) is 0 Å². The van der Waals surface area contributed by atoms with Crippen molar-refractivity contribution in [3.63, 3.8) is 0 Å². The molecule has 1 atom stereocenters. The maximum atomic E-state index is 11.9. The number of hydrogen-bond donors (Lipinski definition) is 0. The molecular weight excluding hydrogens is 224 g/mol. The smallest absolute Gasteiger partial charge is 0.341 e. The molecule has 2 rings (SSSR count). The average Bonchev–Trinajstić information content (AvgIpc) is 2.64. The summed E-state index contributed by atoms with van der Waals surface area (Å²) < 4.78 is 14.9. The van der Waals surface area contributed by atoms with Crippen LogP contribution in [0.4, 0.5) is 0 Å². The Morgan fingerprint density at radius 3 is 2.71 bits per heavy atom. The van der Waals surface area contributed by atoms with Gasteiger partial charge < -0.3 is 14.2 Å². The van der Waals surface area contributed by atoms with Crippen LogP contribution in [0.25, 0.3) is 0 Å². The van der Waals surface area contributed by atoms with Crippen LogP contribution in [0.15, 0.2) is 34.6 Å². The van der Waals surface area contributed by atoms with Crippen LogP contribution in [0.2, 0.25) is 0 Å². The summed E-state index contributed by atoms with van der Waals surface area (Å²) in [5, 5.41) is 0. The van der Waals surface area contributed by atoms with Crippen LogP contribution in [0.1, 0.15) is 6.92 Å². The zero-order chi connectivity index (χ0) is 12.6. The van der Waals surface area contributed by atoms with Gasteiger partial charge >= 0.3 is 5.97 Å². The van der Waals surface area contributed by atoms with Crippen molar-refractivity contribution in [2.24, 2.45) is 0 Å². The predicted octanol–water partition coefficient (Wildman–Crippen LogP) is 0.872. The summed E-state index contributed by atoms with van der Waals surface area (Å²) >= 11 is 0. The van der Waals surface area contributed by atoms with Crippen molar-refractivity contribution in [1.29, 1.82) is 0 Å². The third kappa shape index (κ3) is 1.68. The second-order valence-electron chi connectivity index (χ2n) is 3.71. The second-order valence-corrected chi connectivity index (χ2v) is 3.71. The van der Waals surface area contributed by atoms with Gasteiger partial charge in [-0.25, -0.2) is 4.79 Å². The highest BCUT2D eigenvalue weighted by Crippen LogP contribution is 2.34. The molecule has 5 heteroatoms. The molecule has 0 saturated heterocycles. The van der Waals surface area contributed by atoms with Crippen molar-refractivity contribution in [3.05, 3.63) is 34.6 Å². The summed E-state index contributed by atoms with van der Waals surface area (Å²) in [4.78, 5) is 23.4. The molecular formula is C12H12O5. The van der Waals surface area contributed by atoms with Crippen LogP contribution >= 0.6 is 0 Å². The van der Waals surface area contributed by atoms with E-state index in [-0.39, 0.29) is 11.4 Å². The van der Waals surface area contributed by atoms with Gasteiger partial charge in [-0.3, -0.25) is 4.79 Å². The molecule has 1 heterocycles. The summed E-state index contributed by atoms with van der Waals surface area (Å²) in [5.74, 6) is -0.702. The average molecular weight is 236 g/mol. The maximum absolute atomic E-state index is 11.9. The van der Waals surface area contributed by atoms with Gasteiger partial charge in [0.15, 0.2) is 5.78 Å². The van der Waals surface area contributed by atoms with Crippen molar-refractivity contribution in [2.45, 2.75) is 13.2 Å². The lowest BCUT2D eigenvalue weighted by molar-refractivity contribution is -0.136. The highest BCUT2D eigenvalue weighted by molar-refractivity contribution is 6.15. The minimum atomic E-state index is -0.764. The number of carbonyl (C=O) groups excluding carboxylic acids is 2. The molecule has 0 aromatic rings. The molecule has 0 saturated carbocycles. The Hall–Kier alpha value is -1.88. The number of allylic oxidation sites excluding steroid dienone is 2. The quantitative estimate of drug-likeness (QED) is 0.666. The van der Waals surface area contributed by atoms with Crippen molar-refractivity contribution in [2.75, 3.05) is 14.2 Å². The SMILES string of the molecule is COC(=O)C1=CO[C@@H](OC)C2=C1C=C(C)C2=O. The molecule has 0 aromatic carbocycles. The van der Waals surface area contributed by atoms with Gasteiger partial charge in [0, 0.05) is 12.7 Å². The van der Waals surface area contributed by atoms with E-state index in [4.69, 9.17) is 9.47 Å². The van der Waals surface area contributed by atoms with Crippen LogP contribution in [-0.2, 0) is 23.8 Å². The highest BCUT2D eigenvalue weighted by atomic mass is 16.7. The molecule has 5 nitrogen and oxygen atoms in total. The monoisotopic (exact) mass is 236 g/mol. The van der Waals surface area contributed by atoms with Crippen molar-refractivity contribution in [1.82, 2.24) is 0 Å². The van der Waals surface area contributed by atoms with E-state index < -0.39 is 12.3 Å². The van der Waals surface area contributed by atoms with Crippen LogP contribution in [-0.4, -0.2) is 32.3 Å². The van der Waals surface area contributed by atoms with Gasteiger partial charge in [-0.2, -0.15) is 0 Å². The molecule has 0 bridgehead atoms. The first kappa shape index (κ1) is 11.6. The number of ether oxygens (including phenoxy) is 3. The van der Waals surface area contributed by atoms with E-state index >= 15 is 0 Å². The van der Waals surface area contributed by atoms with E-state index in [0.29, 0.717) is 16.7 Å². The minimum absolute atomic E-state index is 0.165. The first-order valence-electron chi connectivity index (χ1n) is 5.04. The van der Waals surface area contributed by atoms with Crippen LogP contribution in [0.3, 0.4) is 0 Å². The zero-order valence-corrected chi connectivity index (χ0v) is 9.77. The van der Waals surface area contributed by atoms with Crippen LogP contribution in [0.5, 0.6) is 0 Å². The van der Waals surface area contributed by atoms with Gasteiger partial charge in [-0.15, -0.1) is 0 Å². The summed E-state index contributed by atoms with van der Waals surface area (Å²) in [6.45, 7) is 1.68. The van der Waals surface area contributed by atoms with E-state index in [1.54, 1.807) is 13.0 Å². The third-order valence-corrected chi connectivity index (χ3v) is 2.71. The Morgan fingerprint density at radius 2 is 2.12 bits per heavy atom. The summed E-state index contributed by atoms with van der Waals surface area (Å²) in [7, 11) is 2.71. The van der Waals surface area contributed by atoms with E-state index in [1.807, 2.05) is 0 Å². The van der Waals surface area contributed by atoms with Crippen LogP contribution < -0.4 is 0 Å². The van der Waals surface area contributed by atoms with Crippen molar-refractivity contribution >= 4 is 11.8 Å². The normalized spacial score (nSPS) is 22.8. The number of esters is 1. The van der Waals surface area contributed by atoms with Gasteiger partial charge in [-0.05, 0) is 18.6 Å². The number of carbonyl (C=O) groups is 2. The van der Waals surface area contributed by atoms with E-state index in [9.17, 15) is 9.59 Å². The molecule has 0 unspecified atom stereocenters. The number of hydrogen-bond acceptors (Lipinski definition) is 5.